The summed E-state index contributed by atoms with van der Waals surface area (Å²) in [6, 6.07) is 6.65. The van der Waals surface area contributed by atoms with E-state index < -0.39 is 0 Å². The Morgan fingerprint density at radius 3 is 2.95 bits per heavy atom. The molecule has 0 aromatic carbocycles. The van der Waals surface area contributed by atoms with E-state index in [1.807, 2.05) is 20.2 Å². The van der Waals surface area contributed by atoms with Crippen molar-refractivity contribution >= 4 is 11.6 Å². The molecule has 3 rings (SSSR count). The van der Waals surface area contributed by atoms with Crippen molar-refractivity contribution in [2.24, 2.45) is 0 Å². The van der Waals surface area contributed by atoms with Crippen molar-refractivity contribution in [3.63, 3.8) is 0 Å². The molecule has 2 aromatic heterocycles. The van der Waals surface area contributed by atoms with Crippen molar-refractivity contribution in [3.8, 4) is 0 Å². The molecule has 0 amide bonds. The van der Waals surface area contributed by atoms with Gasteiger partial charge < -0.3 is 10.2 Å². The van der Waals surface area contributed by atoms with Crippen LogP contribution >= 0.6 is 0 Å². The molecule has 1 aliphatic rings. The Morgan fingerprint density at radius 1 is 1.25 bits per heavy atom. The summed E-state index contributed by atoms with van der Waals surface area (Å²) >= 11 is 0. The lowest BCUT2D eigenvalue weighted by Crippen LogP contribution is -2.23. The Kier molecular flexibility index (Phi) is 3.50. The predicted molar refractivity (Wildman–Crippen MR) is 79.9 cm³/mol. The maximum absolute atomic E-state index is 4.42. The van der Waals surface area contributed by atoms with Crippen LogP contribution in [0.4, 0.5) is 11.6 Å². The van der Waals surface area contributed by atoms with E-state index in [9.17, 15) is 0 Å². The zero-order valence-electron chi connectivity index (χ0n) is 11.9. The molecule has 0 saturated carbocycles. The van der Waals surface area contributed by atoms with Gasteiger partial charge in [-0.2, -0.15) is 0 Å². The van der Waals surface area contributed by atoms with E-state index in [1.165, 1.54) is 12.0 Å². The monoisotopic (exact) mass is 269 g/mol. The second-order valence-electron chi connectivity index (χ2n) is 5.09. The SMILES string of the molecule is CNc1cc([C@H]2CCCN2c2cc(C)ncn2)ccn1. The molecular formula is C15H19N5. The zero-order chi connectivity index (χ0) is 13.9. The topological polar surface area (TPSA) is 53.9 Å². The lowest BCUT2D eigenvalue weighted by molar-refractivity contribution is 0.709. The Hall–Kier alpha value is -2.17. The van der Waals surface area contributed by atoms with Crippen LogP contribution in [0.15, 0.2) is 30.7 Å². The number of nitrogens with zero attached hydrogens (tertiary/aromatic N) is 4. The van der Waals surface area contributed by atoms with Crippen LogP contribution in [0.3, 0.4) is 0 Å². The number of anilines is 2. The van der Waals surface area contributed by atoms with Gasteiger partial charge in [-0.3, -0.25) is 0 Å². The summed E-state index contributed by atoms with van der Waals surface area (Å²) in [6.07, 6.45) is 5.84. The van der Waals surface area contributed by atoms with Crippen molar-refractivity contribution < 1.29 is 0 Å². The van der Waals surface area contributed by atoms with Crippen molar-refractivity contribution in [2.45, 2.75) is 25.8 Å². The van der Waals surface area contributed by atoms with E-state index in [1.54, 1.807) is 6.33 Å². The summed E-state index contributed by atoms with van der Waals surface area (Å²) in [4.78, 5) is 15.3. The largest absolute Gasteiger partial charge is 0.373 e. The Labute approximate surface area is 119 Å². The third kappa shape index (κ3) is 2.43. The van der Waals surface area contributed by atoms with Crippen molar-refractivity contribution in [1.82, 2.24) is 15.0 Å². The molecule has 1 aliphatic heterocycles. The number of rotatable bonds is 3. The first kappa shape index (κ1) is 12.8. The van der Waals surface area contributed by atoms with Gasteiger partial charge in [0.25, 0.3) is 0 Å². The number of nitrogens with one attached hydrogen (secondary N) is 1. The lowest BCUT2D eigenvalue weighted by Gasteiger charge is -2.26. The van der Waals surface area contributed by atoms with Gasteiger partial charge in [0, 0.05) is 31.5 Å². The first-order valence-corrected chi connectivity index (χ1v) is 6.97. The summed E-state index contributed by atoms with van der Waals surface area (Å²) < 4.78 is 0. The molecule has 0 bridgehead atoms. The van der Waals surface area contributed by atoms with Crippen molar-refractivity contribution in [3.05, 3.63) is 42.0 Å². The molecule has 1 saturated heterocycles. The third-order valence-corrected chi connectivity index (χ3v) is 3.76. The number of aromatic nitrogens is 3. The molecular weight excluding hydrogens is 250 g/mol. The molecule has 3 heterocycles. The zero-order valence-corrected chi connectivity index (χ0v) is 11.9. The van der Waals surface area contributed by atoms with Crippen LogP contribution in [0.1, 0.15) is 30.1 Å². The number of hydrogen-bond acceptors (Lipinski definition) is 5. The van der Waals surface area contributed by atoms with Gasteiger partial charge in [-0.05, 0) is 37.5 Å². The average Bonchev–Trinajstić information content (AvgIpc) is 2.97. The minimum absolute atomic E-state index is 0.374. The molecule has 0 spiro atoms. The van der Waals surface area contributed by atoms with Crippen molar-refractivity contribution in [1.29, 1.82) is 0 Å². The summed E-state index contributed by atoms with van der Waals surface area (Å²) in [7, 11) is 1.90. The molecule has 0 unspecified atom stereocenters. The number of hydrogen-bond donors (Lipinski definition) is 1. The van der Waals surface area contributed by atoms with Crippen LogP contribution in [-0.4, -0.2) is 28.5 Å². The van der Waals surface area contributed by atoms with Gasteiger partial charge in [0.2, 0.25) is 0 Å². The van der Waals surface area contributed by atoms with Gasteiger partial charge in [0.1, 0.15) is 18.0 Å². The first-order valence-electron chi connectivity index (χ1n) is 6.97. The quantitative estimate of drug-likeness (QED) is 0.928. The highest BCUT2D eigenvalue weighted by Crippen LogP contribution is 2.35. The fourth-order valence-electron chi connectivity index (χ4n) is 2.78. The Balaban J connectivity index is 1.92. The maximum Gasteiger partial charge on any atom is 0.132 e. The van der Waals surface area contributed by atoms with E-state index in [0.717, 1.165) is 30.3 Å². The smallest absolute Gasteiger partial charge is 0.132 e. The summed E-state index contributed by atoms with van der Waals surface area (Å²) in [6.45, 7) is 3.04. The second kappa shape index (κ2) is 5.45. The molecule has 1 fully saturated rings. The van der Waals surface area contributed by atoms with E-state index in [4.69, 9.17) is 0 Å². The Bertz CT molecular complexity index is 598. The molecule has 20 heavy (non-hydrogen) atoms. The summed E-state index contributed by atoms with van der Waals surface area (Å²) in [5.41, 5.74) is 2.30. The highest BCUT2D eigenvalue weighted by Gasteiger charge is 2.27. The highest BCUT2D eigenvalue weighted by atomic mass is 15.2. The molecule has 104 valence electrons. The molecule has 0 aliphatic carbocycles. The van der Waals surface area contributed by atoms with Gasteiger partial charge in [0.05, 0.1) is 6.04 Å². The minimum Gasteiger partial charge on any atom is -0.373 e. The minimum atomic E-state index is 0.374. The van der Waals surface area contributed by atoms with Gasteiger partial charge >= 0.3 is 0 Å². The van der Waals surface area contributed by atoms with Crippen LogP contribution in [0.25, 0.3) is 0 Å². The van der Waals surface area contributed by atoms with Crippen LogP contribution in [0.5, 0.6) is 0 Å². The third-order valence-electron chi connectivity index (χ3n) is 3.76. The Morgan fingerprint density at radius 2 is 2.15 bits per heavy atom. The normalized spacial score (nSPS) is 18.3. The van der Waals surface area contributed by atoms with Gasteiger partial charge in [-0.15, -0.1) is 0 Å². The van der Waals surface area contributed by atoms with Gasteiger partial charge in [-0.1, -0.05) is 0 Å². The fraction of sp³-hybridized carbons (Fsp3) is 0.400. The van der Waals surface area contributed by atoms with E-state index in [-0.39, 0.29) is 0 Å². The first-order chi connectivity index (χ1) is 9.78. The number of aryl methyl sites for hydroxylation is 1. The molecule has 1 N–H and O–H groups in total. The average molecular weight is 269 g/mol. The number of pyridine rings is 1. The maximum atomic E-state index is 4.42. The molecule has 1 atom stereocenters. The van der Waals surface area contributed by atoms with Crippen LogP contribution in [-0.2, 0) is 0 Å². The van der Waals surface area contributed by atoms with E-state index in [0.29, 0.717) is 6.04 Å². The van der Waals surface area contributed by atoms with E-state index >= 15 is 0 Å². The van der Waals surface area contributed by atoms with Crippen LogP contribution in [0, 0.1) is 6.92 Å². The van der Waals surface area contributed by atoms with Gasteiger partial charge in [0.15, 0.2) is 0 Å². The van der Waals surface area contributed by atoms with E-state index in [2.05, 4.69) is 43.4 Å². The standard InChI is InChI=1S/C15H19N5/c1-11-8-15(19-10-18-11)20-7-3-4-13(20)12-5-6-17-14(9-12)16-2/h5-6,8-10,13H,3-4,7H2,1-2H3,(H,16,17)/t13-/m1/s1. The second-order valence-corrected chi connectivity index (χ2v) is 5.09. The molecule has 2 aromatic rings. The van der Waals surface area contributed by atoms with Crippen LogP contribution < -0.4 is 10.2 Å². The summed E-state index contributed by atoms with van der Waals surface area (Å²) in [5, 5.41) is 3.10. The fourth-order valence-corrected chi connectivity index (χ4v) is 2.78. The van der Waals surface area contributed by atoms with Gasteiger partial charge in [-0.25, -0.2) is 15.0 Å². The highest BCUT2D eigenvalue weighted by molar-refractivity contribution is 5.46. The molecule has 0 radical (unpaired) electrons. The molecule has 5 nitrogen and oxygen atoms in total. The van der Waals surface area contributed by atoms with Crippen molar-refractivity contribution in [2.75, 3.05) is 23.8 Å². The molecule has 5 heteroatoms. The van der Waals surface area contributed by atoms with Crippen LogP contribution in [0.2, 0.25) is 0 Å². The lowest BCUT2D eigenvalue weighted by atomic mass is 10.1. The predicted octanol–water partition coefficient (Wildman–Crippen LogP) is 2.56. The summed E-state index contributed by atoms with van der Waals surface area (Å²) in [5.74, 6) is 1.93.